The van der Waals surface area contributed by atoms with Gasteiger partial charge >= 0.3 is 0 Å². The average molecular weight is 168 g/mol. The van der Waals surface area contributed by atoms with Gasteiger partial charge in [-0.15, -0.1) is 0 Å². The molecule has 0 bridgehead atoms. The molecule has 2 N–H and O–H groups in total. The van der Waals surface area contributed by atoms with E-state index in [-0.39, 0.29) is 0 Å². The molecular weight excluding hydrogens is 148 g/mol. The van der Waals surface area contributed by atoms with Gasteiger partial charge in [0.25, 0.3) is 0 Å². The van der Waals surface area contributed by atoms with Crippen molar-refractivity contribution in [2.24, 2.45) is 5.92 Å². The Morgan fingerprint density at radius 3 is 2.42 bits per heavy atom. The van der Waals surface area contributed by atoms with E-state index in [2.05, 4.69) is 10.6 Å². The van der Waals surface area contributed by atoms with E-state index in [0.29, 0.717) is 0 Å². The first kappa shape index (κ1) is 8.52. The minimum Gasteiger partial charge on any atom is -0.316 e. The van der Waals surface area contributed by atoms with Crippen LogP contribution in [0.3, 0.4) is 0 Å². The molecule has 70 valence electrons. The average Bonchev–Trinajstić information content (AvgIpc) is 2.04. The van der Waals surface area contributed by atoms with Gasteiger partial charge in [-0.05, 0) is 18.8 Å². The first-order chi connectivity index (χ1) is 5.95. The molecule has 0 unspecified atom stereocenters. The highest BCUT2D eigenvalue weighted by atomic mass is 15.0. The van der Waals surface area contributed by atoms with Crippen molar-refractivity contribution >= 4 is 0 Å². The van der Waals surface area contributed by atoms with E-state index >= 15 is 0 Å². The van der Waals surface area contributed by atoms with Gasteiger partial charge in [0.15, 0.2) is 0 Å². The molecule has 2 rings (SSSR count). The van der Waals surface area contributed by atoms with Crippen LogP contribution in [0.2, 0.25) is 0 Å². The third-order valence-electron chi connectivity index (χ3n) is 3.17. The molecule has 2 aliphatic rings. The highest BCUT2D eigenvalue weighted by molar-refractivity contribution is 4.79. The van der Waals surface area contributed by atoms with E-state index in [0.717, 1.165) is 12.0 Å². The van der Waals surface area contributed by atoms with Crippen molar-refractivity contribution in [1.82, 2.24) is 10.6 Å². The first-order valence-electron chi connectivity index (χ1n) is 5.39. The fraction of sp³-hybridized carbons (Fsp3) is 1.00. The van der Waals surface area contributed by atoms with Gasteiger partial charge in [-0.3, -0.25) is 0 Å². The topological polar surface area (TPSA) is 24.1 Å². The van der Waals surface area contributed by atoms with Crippen LogP contribution in [0.4, 0.5) is 0 Å². The van der Waals surface area contributed by atoms with Crippen molar-refractivity contribution in [3.63, 3.8) is 0 Å². The molecular formula is C10H20N2. The number of rotatable bonds is 3. The highest BCUT2D eigenvalue weighted by Crippen LogP contribution is 2.17. The van der Waals surface area contributed by atoms with Crippen LogP contribution in [0.1, 0.15) is 32.1 Å². The van der Waals surface area contributed by atoms with Crippen LogP contribution in [-0.2, 0) is 0 Å². The summed E-state index contributed by atoms with van der Waals surface area (Å²) < 4.78 is 0. The van der Waals surface area contributed by atoms with Gasteiger partial charge in [0.2, 0.25) is 0 Å². The molecule has 1 aliphatic carbocycles. The van der Waals surface area contributed by atoms with Gasteiger partial charge in [-0.25, -0.2) is 0 Å². The summed E-state index contributed by atoms with van der Waals surface area (Å²) in [5.74, 6) is 0.923. The lowest BCUT2D eigenvalue weighted by Crippen LogP contribution is -2.49. The third kappa shape index (κ3) is 2.20. The fourth-order valence-corrected chi connectivity index (χ4v) is 2.13. The fourth-order valence-electron chi connectivity index (χ4n) is 2.13. The molecule has 0 aromatic rings. The summed E-state index contributed by atoms with van der Waals surface area (Å²) in [6.45, 7) is 3.72. The molecule has 12 heavy (non-hydrogen) atoms. The molecule has 0 amide bonds. The van der Waals surface area contributed by atoms with Crippen molar-refractivity contribution in [3.8, 4) is 0 Å². The predicted octanol–water partition coefficient (Wildman–Crippen LogP) is 1.13. The van der Waals surface area contributed by atoms with Crippen LogP contribution in [-0.4, -0.2) is 25.7 Å². The molecule has 0 aromatic carbocycles. The molecule has 0 radical (unpaired) electrons. The maximum Gasteiger partial charge on any atom is 0.00671 e. The zero-order valence-corrected chi connectivity index (χ0v) is 7.81. The SMILES string of the molecule is C1CCC(NCC2CNC2)CC1. The Morgan fingerprint density at radius 1 is 1.08 bits per heavy atom. The molecule has 1 aliphatic heterocycles. The van der Waals surface area contributed by atoms with Crippen LogP contribution in [0.25, 0.3) is 0 Å². The standard InChI is InChI=1S/C10H20N2/c1-2-4-10(5-3-1)12-8-9-6-11-7-9/h9-12H,1-8H2. The van der Waals surface area contributed by atoms with E-state index in [1.165, 1.54) is 51.7 Å². The van der Waals surface area contributed by atoms with Crippen molar-refractivity contribution in [1.29, 1.82) is 0 Å². The summed E-state index contributed by atoms with van der Waals surface area (Å²) in [6.07, 6.45) is 7.19. The van der Waals surface area contributed by atoms with Crippen LogP contribution in [0, 0.1) is 5.92 Å². The Labute approximate surface area is 75.1 Å². The van der Waals surface area contributed by atoms with E-state index < -0.39 is 0 Å². The van der Waals surface area contributed by atoms with Crippen LogP contribution in [0.5, 0.6) is 0 Å². The van der Waals surface area contributed by atoms with Crippen molar-refractivity contribution in [2.75, 3.05) is 19.6 Å². The summed E-state index contributed by atoms with van der Waals surface area (Å²) in [6, 6.07) is 0.847. The Kier molecular flexibility index (Phi) is 3.01. The second-order valence-corrected chi connectivity index (χ2v) is 4.27. The highest BCUT2D eigenvalue weighted by Gasteiger charge is 2.19. The van der Waals surface area contributed by atoms with Crippen molar-refractivity contribution in [2.45, 2.75) is 38.1 Å². The molecule has 1 saturated carbocycles. The number of nitrogens with one attached hydrogen (secondary N) is 2. The molecule has 1 heterocycles. The summed E-state index contributed by atoms with van der Waals surface area (Å²) in [7, 11) is 0. The van der Waals surface area contributed by atoms with Gasteiger partial charge in [0, 0.05) is 25.7 Å². The Hall–Kier alpha value is -0.0800. The Bertz CT molecular complexity index is 126. The summed E-state index contributed by atoms with van der Waals surface area (Å²) in [5.41, 5.74) is 0. The quantitative estimate of drug-likeness (QED) is 0.660. The predicted molar refractivity (Wildman–Crippen MR) is 51.2 cm³/mol. The van der Waals surface area contributed by atoms with E-state index in [4.69, 9.17) is 0 Å². The smallest absolute Gasteiger partial charge is 0.00671 e. The van der Waals surface area contributed by atoms with Gasteiger partial charge in [-0.1, -0.05) is 19.3 Å². The summed E-state index contributed by atoms with van der Waals surface area (Å²) >= 11 is 0. The van der Waals surface area contributed by atoms with Gasteiger partial charge in [-0.2, -0.15) is 0 Å². The third-order valence-corrected chi connectivity index (χ3v) is 3.17. The lowest BCUT2D eigenvalue weighted by atomic mass is 9.94. The van der Waals surface area contributed by atoms with E-state index in [9.17, 15) is 0 Å². The molecule has 0 atom stereocenters. The molecule has 1 saturated heterocycles. The largest absolute Gasteiger partial charge is 0.316 e. The molecule has 0 aromatic heterocycles. The van der Waals surface area contributed by atoms with Crippen molar-refractivity contribution < 1.29 is 0 Å². The van der Waals surface area contributed by atoms with Crippen molar-refractivity contribution in [3.05, 3.63) is 0 Å². The molecule has 2 fully saturated rings. The summed E-state index contributed by atoms with van der Waals surface area (Å²) in [5, 5.41) is 6.99. The lowest BCUT2D eigenvalue weighted by Gasteiger charge is -2.30. The maximum absolute atomic E-state index is 3.68. The zero-order valence-electron chi connectivity index (χ0n) is 7.81. The van der Waals surface area contributed by atoms with Gasteiger partial charge in [0.1, 0.15) is 0 Å². The van der Waals surface area contributed by atoms with Gasteiger partial charge < -0.3 is 10.6 Å². The Morgan fingerprint density at radius 2 is 1.83 bits per heavy atom. The number of hydrogen-bond donors (Lipinski definition) is 2. The maximum atomic E-state index is 3.68. The lowest BCUT2D eigenvalue weighted by molar-refractivity contribution is 0.291. The molecule has 0 spiro atoms. The van der Waals surface area contributed by atoms with E-state index in [1.807, 2.05) is 0 Å². The van der Waals surface area contributed by atoms with Crippen LogP contribution < -0.4 is 10.6 Å². The molecule has 2 nitrogen and oxygen atoms in total. The second kappa shape index (κ2) is 4.24. The minimum atomic E-state index is 0.847. The minimum absolute atomic E-state index is 0.847. The van der Waals surface area contributed by atoms with Crippen LogP contribution >= 0.6 is 0 Å². The van der Waals surface area contributed by atoms with E-state index in [1.54, 1.807) is 0 Å². The summed E-state index contributed by atoms with van der Waals surface area (Å²) in [4.78, 5) is 0. The normalized spacial score (nSPS) is 27.0. The molecule has 2 heteroatoms. The zero-order chi connectivity index (χ0) is 8.23. The Balaban J connectivity index is 1.58. The second-order valence-electron chi connectivity index (χ2n) is 4.27. The van der Waals surface area contributed by atoms with Crippen LogP contribution in [0.15, 0.2) is 0 Å². The number of hydrogen-bond acceptors (Lipinski definition) is 2. The van der Waals surface area contributed by atoms with Gasteiger partial charge in [0.05, 0.1) is 0 Å². The first-order valence-corrected chi connectivity index (χ1v) is 5.39. The monoisotopic (exact) mass is 168 g/mol.